The Morgan fingerprint density at radius 3 is 2.61 bits per heavy atom. The molecular formula is C15H13NO6P+. The van der Waals surface area contributed by atoms with Gasteiger partial charge in [-0.05, 0) is 30.3 Å². The lowest BCUT2D eigenvalue weighted by atomic mass is 10.2. The molecule has 0 fully saturated rings. The second-order valence-corrected chi connectivity index (χ2v) is 5.97. The number of hydrogen-bond donors (Lipinski definition) is 2. The zero-order chi connectivity index (χ0) is 16.6. The molecule has 0 amide bonds. The third-order valence-electron chi connectivity index (χ3n) is 3.05. The van der Waals surface area contributed by atoms with Crippen LogP contribution in [0.1, 0.15) is 5.56 Å². The van der Waals surface area contributed by atoms with Crippen molar-refractivity contribution in [3.63, 3.8) is 0 Å². The molecule has 0 aliphatic heterocycles. The summed E-state index contributed by atoms with van der Waals surface area (Å²) in [7, 11) is -4.34. The topological polar surface area (TPSA) is 116 Å². The van der Waals surface area contributed by atoms with E-state index in [4.69, 9.17) is 14.2 Å². The maximum absolute atomic E-state index is 10.9. The van der Waals surface area contributed by atoms with Gasteiger partial charge in [-0.25, -0.2) is 4.98 Å². The van der Waals surface area contributed by atoms with Crippen molar-refractivity contribution in [1.82, 2.24) is 4.98 Å². The molecule has 4 N–H and O–H groups in total. The fraction of sp³-hybridized carbons (Fsp3) is 0. The number of phenolic OH excluding ortho intramolecular Hbond substituents is 1. The van der Waals surface area contributed by atoms with Gasteiger partial charge in [0.05, 0.1) is 0 Å². The number of aromatic nitrogens is 1. The predicted molar refractivity (Wildman–Crippen MR) is 85.3 cm³/mol. The van der Waals surface area contributed by atoms with Crippen molar-refractivity contribution in [3.05, 3.63) is 48.5 Å². The summed E-state index contributed by atoms with van der Waals surface area (Å²) in [4.78, 5) is 20.0. The van der Waals surface area contributed by atoms with Crippen LogP contribution in [0.5, 0.6) is 11.5 Å². The van der Waals surface area contributed by atoms with E-state index in [1.165, 1.54) is 24.3 Å². The molecule has 0 spiro atoms. The second-order valence-electron chi connectivity index (χ2n) is 4.74. The first-order chi connectivity index (χ1) is 10.9. The summed E-state index contributed by atoms with van der Waals surface area (Å²) in [5, 5.41) is 9.65. The fourth-order valence-electron chi connectivity index (χ4n) is 2.12. The lowest BCUT2D eigenvalue weighted by molar-refractivity contribution is 0.283. The number of aromatic hydroxyl groups is 1. The van der Waals surface area contributed by atoms with Crippen LogP contribution in [-0.2, 0) is 4.57 Å². The third kappa shape index (κ3) is 3.27. The van der Waals surface area contributed by atoms with Crippen molar-refractivity contribution in [3.8, 4) is 23.0 Å². The highest BCUT2D eigenvalue weighted by atomic mass is 31.2. The summed E-state index contributed by atoms with van der Waals surface area (Å²) >= 11 is 0. The van der Waals surface area contributed by atoms with Crippen molar-refractivity contribution in [2.24, 2.45) is 0 Å². The Morgan fingerprint density at radius 2 is 2.00 bits per heavy atom. The number of fused-ring (bicyclic) bond motifs is 1. The maximum atomic E-state index is 10.9. The molecule has 0 aliphatic carbocycles. The van der Waals surface area contributed by atoms with E-state index < -0.39 is 7.82 Å². The van der Waals surface area contributed by atoms with E-state index in [1.54, 1.807) is 18.2 Å². The molecule has 1 heterocycles. The summed E-state index contributed by atoms with van der Waals surface area (Å²) in [6, 6.07) is 9.05. The first-order valence-electron chi connectivity index (χ1n) is 6.49. The Kier molecular flexibility index (Phi) is 3.69. The molecule has 2 aromatic carbocycles. The molecule has 0 aliphatic rings. The Hall–Kier alpha value is -2.60. The summed E-state index contributed by atoms with van der Waals surface area (Å²) in [6.45, 7) is 3.67. The largest absolute Gasteiger partial charge is 0.690 e. The molecule has 1 aromatic heterocycles. The molecule has 8 heteroatoms. The van der Waals surface area contributed by atoms with Gasteiger partial charge in [-0.2, -0.15) is 4.57 Å². The van der Waals surface area contributed by atoms with Crippen LogP contribution in [0.2, 0.25) is 0 Å². The molecule has 0 bridgehead atoms. The van der Waals surface area contributed by atoms with E-state index >= 15 is 0 Å². The quantitative estimate of drug-likeness (QED) is 0.559. The van der Waals surface area contributed by atoms with E-state index in [0.29, 0.717) is 28.1 Å². The molecule has 7 nitrogen and oxygen atoms in total. The van der Waals surface area contributed by atoms with E-state index in [2.05, 4.69) is 16.1 Å². The van der Waals surface area contributed by atoms with Gasteiger partial charge >= 0.3 is 7.82 Å². The van der Waals surface area contributed by atoms with Crippen LogP contribution >= 0.6 is 7.82 Å². The SMILES string of the molecule is C=Cc1cc(O)cc2nc(-c3ccc(OP(=O)(O)[OH2+])cc3)oc12. The lowest BCUT2D eigenvalue weighted by Gasteiger charge is -2.02. The molecule has 118 valence electrons. The molecular weight excluding hydrogens is 321 g/mol. The van der Waals surface area contributed by atoms with E-state index in [-0.39, 0.29) is 11.5 Å². The van der Waals surface area contributed by atoms with Gasteiger partial charge in [-0.15, -0.1) is 0 Å². The highest BCUT2D eigenvalue weighted by Crippen LogP contribution is 2.38. The first kappa shape index (κ1) is 15.3. The summed E-state index contributed by atoms with van der Waals surface area (Å²) in [5.41, 5.74) is 2.22. The zero-order valence-electron chi connectivity index (χ0n) is 11.8. The van der Waals surface area contributed by atoms with Crippen molar-refractivity contribution in [2.45, 2.75) is 0 Å². The molecule has 1 unspecified atom stereocenters. The molecule has 0 saturated carbocycles. The minimum Gasteiger partial charge on any atom is -0.508 e. The molecule has 3 aromatic rings. The van der Waals surface area contributed by atoms with E-state index in [0.717, 1.165) is 0 Å². The third-order valence-corrected chi connectivity index (χ3v) is 3.51. The number of phenols is 1. The normalized spacial score (nSPS) is 13.7. The van der Waals surface area contributed by atoms with Crippen LogP contribution in [0, 0.1) is 0 Å². The number of oxazole rings is 1. The Bertz CT molecular complexity index is 925. The van der Waals surface area contributed by atoms with Crippen LogP contribution in [0.4, 0.5) is 0 Å². The highest BCUT2D eigenvalue weighted by molar-refractivity contribution is 7.46. The molecule has 1 atom stereocenters. The summed E-state index contributed by atoms with van der Waals surface area (Å²) in [6.07, 6.45) is 1.56. The average Bonchev–Trinajstić information content (AvgIpc) is 2.89. The molecule has 23 heavy (non-hydrogen) atoms. The highest BCUT2D eigenvalue weighted by Gasteiger charge is 2.24. The minimum atomic E-state index is -4.34. The minimum absolute atomic E-state index is 0.0603. The second kappa shape index (κ2) is 5.55. The van der Waals surface area contributed by atoms with Crippen LogP contribution in [0.3, 0.4) is 0 Å². The number of benzene rings is 2. The van der Waals surface area contributed by atoms with Gasteiger partial charge in [0.1, 0.15) is 17.0 Å². The Labute approximate surface area is 130 Å². The van der Waals surface area contributed by atoms with Gasteiger partial charge < -0.3 is 18.9 Å². The Morgan fingerprint density at radius 1 is 1.30 bits per heavy atom. The van der Waals surface area contributed by atoms with Crippen molar-refractivity contribution < 1.29 is 28.4 Å². The molecule has 0 radical (unpaired) electrons. The summed E-state index contributed by atoms with van der Waals surface area (Å²) in [5.74, 6) is 0.471. The average molecular weight is 334 g/mol. The Balaban J connectivity index is 2.00. The van der Waals surface area contributed by atoms with Crippen molar-refractivity contribution in [1.29, 1.82) is 0 Å². The van der Waals surface area contributed by atoms with E-state index in [9.17, 15) is 9.67 Å². The van der Waals surface area contributed by atoms with Crippen LogP contribution in [-0.4, -0.2) is 19.9 Å². The predicted octanol–water partition coefficient (Wildman–Crippen LogP) is 3.05. The van der Waals surface area contributed by atoms with Crippen molar-refractivity contribution >= 4 is 25.0 Å². The molecule has 0 saturated heterocycles. The van der Waals surface area contributed by atoms with Gasteiger partial charge in [0, 0.05) is 17.2 Å². The summed E-state index contributed by atoms with van der Waals surface area (Å²) < 4.78 is 21.2. The van der Waals surface area contributed by atoms with E-state index in [1.807, 2.05) is 0 Å². The number of hydrogen-bond acceptors (Lipinski definition) is 5. The molecule has 3 rings (SSSR count). The van der Waals surface area contributed by atoms with Gasteiger partial charge in [0.25, 0.3) is 0 Å². The number of nitrogens with zero attached hydrogens (tertiary/aromatic N) is 1. The van der Waals surface area contributed by atoms with Gasteiger partial charge in [0.2, 0.25) is 5.89 Å². The smallest absolute Gasteiger partial charge is 0.508 e. The van der Waals surface area contributed by atoms with Crippen molar-refractivity contribution in [2.75, 3.05) is 0 Å². The van der Waals surface area contributed by atoms with Gasteiger partial charge in [-0.3, -0.25) is 4.89 Å². The number of rotatable bonds is 4. The first-order valence-corrected chi connectivity index (χ1v) is 8.07. The standard InChI is InChI=1S/C15H12NO6P/c1-2-9-7-11(17)8-13-14(9)21-15(16-13)10-3-5-12(6-4-10)22-23(18,19)20/h2-8,17H,1H2,(H2,18,19,20)/p+1. The van der Waals surface area contributed by atoms with Crippen LogP contribution in [0.15, 0.2) is 47.4 Å². The van der Waals surface area contributed by atoms with Gasteiger partial charge in [-0.1, -0.05) is 12.7 Å². The van der Waals surface area contributed by atoms with Gasteiger partial charge in [0.15, 0.2) is 5.58 Å². The van der Waals surface area contributed by atoms with Crippen LogP contribution < -0.4 is 4.52 Å². The monoisotopic (exact) mass is 334 g/mol. The lowest BCUT2D eigenvalue weighted by Crippen LogP contribution is -1.89. The zero-order valence-corrected chi connectivity index (χ0v) is 12.7. The fourth-order valence-corrected chi connectivity index (χ4v) is 2.53. The van der Waals surface area contributed by atoms with Crippen LogP contribution in [0.25, 0.3) is 28.6 Å². The maximum Gasteiger partial charge on any atom is 0.690 e.